The van der Waals surface area contributed by atoms with Crippen LogP contribution in [0, 0.1) is 0 Å². The lowest BCUT2D eigenvalue weighted by Gasteiger charge is -2.21. The van der Waals surface area contributed by atoms with Crippen LogP contribution in [0.25, 0.3) is 12.2 Å². The molecule has 0 aromatic heterocycles. The lowest BCUT2D eigenvalue weighted by atomic mass is 9.89. The number of ether oxygens (including phenoxy) is 5. The Morgan fingerprint density at radius 2 is 0.927 bits per heavy atom. The molecule has 2 aromatic rings. The molecule has 0 bridgehead atoms. The van der Waals surface area contributed by atoms with Gasteiger partial charge in [0.05, 0.1) is 87.8 Å². The van der Waals surface area contributed by atoms with E-state index in [1.54, 1.807) is 12.2 Å². The molecule has 2 aromatic carbocycles. The van der Waals surface area contributed by atoms with Gasteiger partial charge in [0.1, 0.15) is 0 Å². The van der Waals surface area contributed by atoms with Crippen molar-refractivity contribution in [2.75, 3.05) is 26.4 Å². The standard InChI is InChI=1S/C32H38O9/c33-27(11-21-15-38-21)25-5-1-3-19(31(25)29(35)13-23-17-40-23)7-9-37-10-8-20-4-2-6-26(28(34)12-22-16-39-22)32(20)30(36)14-24-18-41-24/h1-10,21-24,27-30,33-36H,11-18H2. The van der Waals surface area contributed by atoms with E-state index in [-0.39, 0.29) is 24.4 Å². The van der Waals surface area contributed by atoms with Gasteiger partial charge in [0.25, 0.3) is 0 Å². The summed E-state index contributed by atoms with van der Waals surface area (Å²) in [6, 6.07) is 11.1. The molecule has 4 N–H and O–H groups in total. The van der Waals surface area contributed by atoms with Crippen molar-refractivity contribution in [1.29, 1.82) is 0 Å². The van der Waals surface area contributed by atoms with Gasteiger partial charge < -0.3 is 44.1 Å². The summed E-state index contributed by atoms with van der Waals surface area (Å²) >= 11 is 0. The predicted octanol–water partition coefficient (Wildman–Crippen LogP) is 3.63. The van der Waals surface area contributed by atoms with Crippen molar-refractivity contribution >= 4 is 12.2 Å². The third-order valence-electron chi connectivity index (χ3n) is 7.94. The van der Waals surface area contributed by atoms with Crippen LogP contribution >= 0.6 is 0 Å². The fourth-order valence-electron chi connectivity index (χ4n) is 5.42. The van der Waals surface area contributed by atoms with Gasteiger partial charge in [-0.3, -0.25) is 0 Å². The van der Waals surface area contributed by atoms with Crippen molar-refractivity contribution in [1.82, 2.24) is 0 Å². The molecular formula is C32H38O9. The maximum atomic E-state index is 11.0. The first kappa shape index (κ1) is 28.5. The van der Waals surface area contributed by atoms with Crippen molar-refractivity contribution in [2.45, 2.75) is 74.5 Å². The Kier molecular flexibility index (Phi) is 8.85. The smallest absolute Gasteiger partial charge is 0.0907 e. The minimum Gasteiger partial charge on any atom is -0.473 e. The van der Waals surface area contributed by atoms with E-state index >= 15 is 0 Å². The first-order valence-electron chi connectivity index (χ1n) is 14.4. The summed E-state index contributed by atoms with van der Waals surface area (Å²) in [5.74, 6) is 0. The largest absolute Gasteiger partial charge is 0.473 e. The van der Waals surface area contributed by atoms with Crippen LogP contribution in [0.1, 0.15) is 83.5 Å². The van der Waals surface area contributed by atoms with Gasteiger partial charge >= 0.3 is 0 Å². The fourth-order valence-corrected chi connectivity index (χ4v) is 5.42. The van der Waals surface area contributed by atoms with Crippen molar-refractivity contribution in [3.05, 3.63) is 82.3 Å². The molecule has 0 aliphatic carbocycles. The average molecular weight is 567 g/mol. The molecule has 6 rings (SSSR count). The highest BCUT2D eigenvalue weighted by Gasteiger charge is 2.33. The van der Waals surface area contributed by atoms with Gasteiger partial charge in [0, 0.05) is 25.7 Å². The van der Waals surface area contributed by atoms with Gasteiger partial charge in [0.15, 0.2) is 0 Å². The van der Waals surface area contributed by atoms with Crippen molar-refractivity contribution in [3.63, 3.8) is 0 Å². The van der Waals surface area contributed by atoms with E-state index < -0.39 is 24.4 Å². The van der Waals surface area contributed by atoms with Gasteiger partial charge in [0.2, 0.25) is 0 Å². The SMILES string of the molecule is OC(CC1CO1)c1cccc(C=COC=Cc2cccc(C(O)CC3CO3)c2C(O)CC2CO2)c1C(O)CC1CO1. The molecule has 0 radical (unpaired) electrons. The van der Waals surface area contributed by atoms with Crippen LogP contribution in [0.5, 0.6) is 0 Å². The van der Waals surface area contributed by atoms with E-state index in [1.165, 1.54) is 12.5 Å². The normalized spacial score (nSPS) is 27.5. The summed E-state index contributed by atoms with van der Waals surface area (Å²) in [5, 5.41) is 43.8. The Bertz CT molecular complexity index is 1150. The zero-order valence-corrected chi connectivity index (χ0v) is 22.9. The number of rotatable bonds is 16. The van der Waals surface area contributed by atoms with E-state index in [2.05, 4.69) is 0 Å². The highest BCUT2D eigenvalue weighted by Crippen LogP contribution is 2.37. The van der Waals surface area contributed by atoms with E-state index in [1.807, 2.05) is 36.4 Å². The van der Waals surface area contributed by atoms with Crippen LogP contribution < -0.4 is 0 Å². The lowest BCUT2D eigenvalue weighted by molar-refractivity contribution is 0.131. The highest BCUT2D eigenvalue weighted by atomic mass is 16.6. The summed E-state index contributed by atoms with van der Waals surface area (Å²) in [6.45, 7) is 2.56. The maximum Gasteiger partial charge on any atom is 0.0907 e. The summed E-state index contributed by atoms with van der Waals surface area (Å²) in [6.07, 6.45) is 5.51. The molecule has 41 heavy (non-hydrogen) atoms. The molecule has 8 unspecified atom stereocenters. The fraction of sp³-hybridized carbons (Fsp3) is 0.500. The second kappa shape index (κ2) is 12.7. The zero-order valence-electron chi connectivity index (χ0n) is 22.9. The Morgan fingerprint density at radius 1 is 0.585 bits per heavy atom. The average Bonchev–Trinajstić information content (AvgIpc) is 3.76. The van der Waals surface area contributed by atoms with Crippen LogP contribution in [0.4, 0.5) is 0 Å². The monoisotopic (exact) mass is 566 g/mol. The van der Waals surface area contributed by atoms with Crippen LogP contribution in [0.15, 0.2) is 48.9 Å². The number of aliphatic hydroxyl groups is 4. The van der Waals surface area contributed by atoms with E-state index in [0.717, 1.165) is 11.1 Å². The summed E-state index contributed by atoms with van der Waals surface area (Å²) < 4.78 is 26.9. The minimum atomic E-state index is -0.793. The predicted molar refractivity (Wildman–Crippen MR) is 149 cm³/mol. The molecule has 4 heterocycles. The lowest BCUT2D eigenvalue weighted by Crippen LogP contribution is -2.12. The van der Waals surface area contributed by atoms with Gasteiger partial charge in [-0.1, -0.05) is 36.4 Å². The van der Waals surface area contributed by atoms with Crippen LogP contribution in [-0.4, -0.2) is 71.3 Å². The Morgan fingerprint density at radius 3 is 1.27 bits per heavy atom. The van der Waals surface area contributed by atoms with Crippen LogP contribution in [0.2, 0.25) is 0 Å². The van der Waals surface area contributed by atoms with Crippen LogP contribution in [0.3, 0.4) is 0 Å². The second-order valence-corrected chi connectivity index (χ2v) is 11.3. The molecule has 8 atom stereocenters. The number of benzene rings is 2. The Hall–Kier alpha value is -2.60. The topological polar surface area (TPSA) is 140 Å². The minimum absolute atomic E-state index is 0.0279. The molecule has 9 nitrogen and oxygen atoms in total. The van der Waals surface area contributed by atoms with Crippen molar-refractivity contribution < 1.29 is 44.1 Å². The van der Waals surface area contributed by atoms with E-state index in [9.17, 15) is 20.4 Å². The van der Waals surface area contributed by atoms with E-state index in [4.69, 9.17) is 23.7 Å². The molecule has 0 spiro atoms. The van der Waals surface area contributed by atoms with Crippen molar-refractivity contribution in [3.8, 4) is 0 Å². The summed E-state index contributed by atoms with van der Waals surface area (Å²) in [7, 11) is 0. The Balaban J connectivity index is 1.19. The number of hydrogen-bond acceptors (Lipinski definition) is 9. The van der Waals surface area contributed by atoms with Gasteiger partial charge in [-0.2, -0.15) is 0 Å². The second-order valence-electron chi connectivity index (χ2n) is 11.3. The summed E-state index contributed by atoms with van der Waals surface area (Å²) in [4.78, 5) is 0. The van der Waals surface area contributed by atoms with Crippen molar-refractivity contribution in [2.24, 2.45) is 0 Å². The third-order valence-corrected chi connectivity index (χ3v) is 7.94. The molecule has 9 heteroatoms. The van der Waals surface area contributed by atoms with Gasteiger partial charge in [-0.15, -0.1) is 0 Å². The number of epoxide rings is 4. The molecular weight excluding hydrogens is 528 g/mol. The Labute approximate surface area is 239 Å². The molecule has 4 aliphatic heterocycles. The molecule has 0 saturated carbocycles. The van der Waals surface area contributed by atoms with E-state index in [0.29, 0.717) is 74.4 Å². The number of aliphatic hydroxyl groups excluding tert-OH is 4. The van der Waals surface area contributed by atoms with Crippen LogP contribution in [-0.2, 0) is 23.7 Å². The third kappa shape index (κ3) is 7.82. The van der Waals surface area contributed by atoms with Gasteiger partial charge in [-0.05, 0) is 45.5 Å². The number of hydrogen-bond donors (Lipinski definition) is 4. The highest BCUT2D eigenvalue weighted by molar-refractivity contribution is 5.58. The maximum absolute atomic E-state index is 11.0. The molecule has 4 saturated heterocycles. The van der Waals surface area contributed by atoms with Gasteiger partial charge in [-0.25, -0.2) is 0 Å². The zero-order chi connectivity index (χ0) is 28.3. The first-order valence-corrected chi connectivity index (χ1v) is 14.4. The molecule has 220 valence electrons. The first-order chi connectivity index (χ1) is 20.0. The quantitative estimate of drug-likeness (QED) is 0.177. The summed E-state index contributed by atoms with van der Waals surface area (Å²) in [5.41, 5.74) is 4.16. The molecule has 4 aliphatic rings. The molecule has 0 amide bonds. The molecule has 4 fully saturated rings.